The zero-order valence-corrected chi connectivity index (χ0v) is 11.3. The van der Waals surface area contributed by atoms with E-state index < -0.39 is 22.3 Å². The Morgan fingerprint density at radius 3 is 2.53 bits per heavy atom. The Kier molecular flexibility index (Phi) is 5.74. The van der Waals surface area contributed by atoms with Gasteiger partial charge in [0.1, 0.15) is 0 Å². The second kappa shape index (κ2) is 7.07. The molecule has 7 nitrogen and oxygen atoms in total. The number of hydrogen-bond acceptors (Lipinski definition) is 5. The highest BCUT2D eigenvalue weighted by Gasteiger charge is 2.20. The average Bonchev–Trinajstić information content (AvgIpc) is 2.36. The first-order valence-electron chi connectivity index (χ1n) is 5.70. The first-order valence-corrected chi connectivity index (χ1v) is 7.18. The van der Waals surface area contributed by atoms with Gasteiger partial charge in [-0.2, -0.15) is 13.1 Å². The minimum Gasteiger partial charge on any atom is -0.449 e. The van der Waals surface area contributed by atoms with E-state index in [4.69, 9.17) is 5.73 Å². The number of nitrogens with two attached hydrogens (primary N) is 1. The Morgan fingerprint density at radius 2 is 2.00 bits per heavy atom. The number of carbonyl (C=O) groups excluding carboxylic acids is 1. The van der Waals surface area contributed by atoms with Gasteiger partial charge in [-0.3, -0.25) is 0 Å². The van der Waals surface area contributed by atoms with Crippen LogP contribution in [-0.4, -0.2) is 27.7 Å². The maximum atomic E-state index is 11.7. The van der Waals surface area contributed by atoms with Gasteiger partial charge in [0.05, 0.1) is 12.6 Å². The number of nitrogens with one attached hydrogen (secondary N) is 2. The molecule has 0 aromatic heterocycles. The minimum absolute atomic E-state index is 0.0632. The predicted molar refractivity (Wildman–Crippen MR) is 70.5 cm³/mol. The van der Waals surface area contributed by atoms with Crippen molar-refractivity contribution in [2.75, 3.05) is 13.2 Å². The number of benzene rings is 1. The van der Waals surface area contributed by atoms with Crippen molar-refractivity contribution in [2.45, 2.75) is 13.0 Å². The van der Waals surface area contributed by atoms with Gasteiger partial charge in [0, 0.05) is 6.54 Å². The largest absolute Gasteiger partial charge is 0.449 e. The summed E-state index contributed by atoms with van der Waals surface area (Å²) in [6, 6.07) is 8.21. The molecule has 4 N–H and O–H groups in total. The van der Waals surface area contributed by atoms with Gasteiger partial charge >= 0.3 is 16.3 Å². The summed E-state index contributed by atoms with van der Waals surface area (Å²) in [5, 5.41) is 0. The topological polar surface area (TPSA) is 111 Å². The fraction of sp³-hybridized carbons (Fsp3) is 0.364. The lowest BCUT2D eigenvalue weighted by Crippen LogP contribution is -2.43. The molecule has 19 heavy (non-hydrogen) atoms. The molecule has 1 rings (SSSR count). The van der Waals surface area contributed by atoms with Gasteiger partial charge < -0.3 is 10.5 Å². The lowest BCUT2D eigenvalue weighted by atomic mass is 10.1. The molecule has 1 aromatic rings. The molecule has 0 bridgehead atoms. The fourth-order valence-corrected chi connectivity index (χ4v) is 2.37. The predicted octanol–water partition coefficient (Wildman–Crippen LogP) is 0.267. The molecule has 0 aliphatic heterocycles. The highest BCUT2D eigenvalue weighted by molar-refractivity contribution is 7.88. The molecule has 0 saturated heterocycles. The van der Waals surface area contributed by atoms with Crippen LogP contribution in [0.1, 0.15) is 18.5 Å². The molecular formula is C11H17N3O4S. The van der Waals surface area contributed by atoms with Gasteiger partial charge in [0.15, 0.2) is 0 Å². The number of hydrogen-bond donors (Lipinski definition) is 3. The van der Waals surface area contributed by atoms with Crippen molar-refractivity contribution in [1.82, 2.24) is 9.44 Å². The summed E-state index contributed by atoms with van der Waals surface area (Å²) in [5.74, 6) is 0. The molecule has 1 amide bonds. The van der Waals surface area contributed by atoms with Gasteiger partial charge in [0.2, 0.25) is 0 Å². The Balaban J connectivity index is 2.73. The summed E-state index contributed by atoms with van der Waals surface area (Å²) in [5.41, 5.74) is 6.24. The van der Waals surface area contributed by atoms with Gasteiger partial charge in [-0.05, 0) is 12.5 Å². The Bertz CT molecular complexity index is 504. The Hall–Kier alpha value is -1.64. The third-order valence-corrected chi connectivity index (χ3v) is 3.26. The monoisotopic (exact) mass is 287 g/mol. The molecule has 1 atom stereocenters. The molecule has 0 fully saturated rings. The van der Waals surface area contributed by atoms with Crippen LogP contribution in [0.15, 0.2) is 30.3 Å². The second-order valence-electron chi connectivity index (χ2n) is 3.64. The van der Waals surface area contributed by atoms with Crippen LogP contribution in [0.25, 0.3) is 0 Å². The van der Waals surface area contributed by atoms with E-state index in [9.17, 15) is 13.2 Å². The molecule has 106 valence electrons. The molecule has 0 aliphatic rings. The molecule has 0 saturated carbocycles. The van der Waals surface area contributed by atoms with Crippen LogP contribution in [0, 0.1) is 0 Å². The van der Waals surface area contributed by atoms with Crippen molar-refractivity contribution >= 4 is 16.3 Å². The van der Waals surface area contributed by atoms with Crippen LogP contribution in [0.2, 0.25) is 0 Å². The van der Waals surface area contributed by atoms with E-state index in [1.54, 1.807) is 35.9 Å². The van der Waals surface area contributed by atoms with Gasteiger partial charge in [-0.25, -0.2) is 9.52 Å². The van der Waals surface area contributed by atoms with Gasteiger partial charge in [0.25, 0.3) is 0 Å². The zero-order valence-electron chi connectivity index (χ0n) is 10.5. The summed E-state index contributed by atoms with van der Waals surface area (Å²) < 4.78 is 31.9. The number of carbonyl (C=O) groups is 1. The molecule has 8 heteroatoms. The summed E-state index contributed by atoms with van der Waals surface area (Å²) in [6.07, 6.45) is -1.03. The van der Waals surface area contributed by atoms with Crippen molar-refractivity contribution in [1.29, 1.82) is 0 Å². The normalized spacial score (nSPS) is 12.7. The lowest BCUT2D eigenvalue weighted by Gasteiger charge is -2.17. The SMILES string of the molecule is CCOC(=O)NS(=O)(=O)NC(CN)c1ccccc1. The molecule has 0 radical (unpaired) electrons. The Labute approximate surface area is 112 Å². The van der Waals surface area contributed by atoms with E-state index in [-0.39, 0.29) is 13.2 Å². The number of ether oxygens (including phenoxy) is 1. The molecular weight excluding hydrogens is 270 g/mol. The highest BCUT2D eigenvalue weighted by atomic mass is 32.2. The molecule has 1 aromatic carbocycles. The van der Waals surface area contributed by atoms with Crippen LogP contribution in [0.4, 0.5) is 4.79 Å². The van der Waals surface area contributed by atoms with Crippen LogP contribution in [-0.2, 0) is 14.9 Å². The van der Waals surface area contributed by atoms with Crippen LogP contribution < -0.4 is 15.2 Å². The lowest BCUT2D eigenvalue weighted by molar-refractivity contribution is 0.158. The third-order valence-electron chi connectivity index (χ3n) is 2.23. The maximum absolute atomic E-state index is 11.7. The number of rotatable bonds is 6. The fourth-order valence-electron chi connectivity index (χ4n) is 1.42. The quantitative estimate of drug-likeness (QED) is 0.695. The molecule has 0 spiro atoms. The first kappa shape index (κ1) is 15.4. The van der Waals surface area contributed by atoms with E-state index in [0.29, 0.717) is 5.56 Å². The van der Waals surface area contributed by atoms with Crippen LogP contribution in [0.5, 0.6) is 0 Å². The standard InChI is InChI=1S/C11H17N3O4S/c1-2-18-11(15)14-19(16,17)13-10(8-12)9-6-4-3-5-7-9/h3-7,10,13H,2,8,12H2,1H3,(H,14,15). The van der Waals surface area contributed by atoms with Gasteiger partial charge in [-0.15, -0.1) is 0 Å². The molecule has 1 unspecified atom stereocenters. The van der Waals surface area contributed by atoms with E-state index in [1.807, 2.05) is 6.07 Å². The zero-order chi connectivity index (χ0) is 14.3. The summed E-state index contributed by atoms with van der Waals surface area (Å²) in [4.78, 5) is 11.1. The van der Waals surface area contributed by atoms with E-state index in [2.05, 4.69) is 9.46 Å². The summed E-state index contributed by atoms with van der Waals surface area (Å²) >= 11 is 0. The molecule has 0 aliphatic carbocycles. The van der Waals surface area contributed by atoms with Crippen LogP contribution >= 0.6 is 0 Å². The van der Waals surface area contributed by atoms with E-state index in [1.165, 1.54) is 0 Å². The average molecular weight is 287 g/mol. The van der Waals surface area contributed by atoms with Crippen LogP contribution in [0.3, 0.4) is 0 Å². The second-order valence-corrected chi connectivity index (χ2v) is 5.09. The van der Waals surface area contributed by atoms with Crippen molar-refractivity contribution in [3.63, 3.8) is 0 Å². The van der Waals surface area contributed by atoms with Crippen molar-refractivity contribution < 1.29 is 17.9 Å². The maximum Gasteiger partial charge on any atom is 0.421 e. The number of amides is 1. The van der Waals surface area contributed by atoms with Crippen molar-refractivity contribution in [3.8, 4) is 0 Å². The van der Waals surface area contributed by atoms with E-state index >= 15 is 0 Å². The first-order chi connectivity index (χ1) is 8.98. The van der Waals surface area contributed by atoms with Gasteiger partial charge in [-0.1, -0.05) is 30.3 Å². The Morgan fingerprint density at radius 1 is 1.37 bits per heavy atom. The van der Waals surface area contributed by atoms with Crippen molar-refractivity contribution in [3.05, 3.63) is 35.9 Å². The molecule has 0 heterocycles. The highest BCUT2D eigenvalue weighted by Crippen LogP contribution is 2.11. The van der Waals surface area contributed by atoms with Crippen molar-refractivity contribution in [2.24, 2.45) is 5.73 Å². The summed E-state index contributed by atoms with van der Waals surface area (Å²) in [6.45, 7) is 1.72. The smallest absolute Gasteiger partial charge is 0.421 e. The summed E-state index contributed by atoms with van der Waals surface area (Å²) in [7, 11) is -4.02. The van der Waals surface area contributed by atoms with E-state index in [0.717, 1.165) is 0 Å². The third kappa shape index (κ3) is 5.25. The minimum atomic E-state index is -4.02.